The lowest BCUT2D eigenvalue weighted by molar-refractivity contribution is -0.117. The molecule has 3 heteroatoms. The Labute approximate surface area is 134 Å². The molecule has 0 unspecified atom stereocenters. The predicted octanol–water partition coefficient (Wildman–Crippen LogP) is 4.30. The van der Waals surface area contributed by atoms with Crippen molar-refractivity contribution in [2.75, 3.05) is 23.3 Å². The largest absolute Gasteiger partial charge is 0.372 e. The minimum atomic E-state index is 0.188. The lowest BCUT2D eigenvalue weighted by Crippen LogP contribution is -2.22. The van der Waals surface area contributed by atoms with Crippen LogP contribution in [0.15, 0.2) is 24.3 Å². The summed E-state index contributed by atoms with van der Waals surface area (Å²) in [4.78, 5) is 14.6. The van der Waals surface area contributed by atoms with Gasteiger partial charge in [0, 0.05) is 30.9 Å². The highest BCUT2D eigenvalue weighted by molar-refractivity contribution is 5.91. The summed E-state index contributed by atoms with van der Waals surface area (Å²) in [5, 5.41) is 3.07. The number of anilines is 2. The maximum atomic E-state index is 12.3. The average molecular weight is 300 g/mol. The first-order valence-electron chi connectivity index (χ1n) is 8.84. The minimum absolute atomic E-state index is 0.188. The van der Waals surface area contributed by atoms with Gasteiger partial charge in [-0.15, -0.1) is 0 Å². The smallest absolute Gasteiger partial charge is 0.224 e. The van der Waals surface area contributed by atoms with Crippen molar-refractivity contribution in [2.45, 2.75) is 46.0 Å². The zero-order valence-corrected chi connectivity index (χ0v) is 13.8. The second-order valence-corrected chi connectivity index (χ2v) is 6.91. The molecule has 2 fully saturated rings. The Bertz CT molecular complexity index is 507. The van der Waals surface area contributed by atoms with Gasteiger partial charge in [0.25, 0.3) is 0 Å². The molecule has 2 saturated carbocycles. The molecular weight excluding hydrogens is 272 g/mol. The third-order valence-corrected chi connectivity index (χ3v) is 5.61. The first-order valence-corrected chi connectivity index (χ1v) is 8.84. The van der Waals surface area contributed by atoms with Crippen LogP contribution in [-0.4, -0.2) is 19.0 Å². The molecule has 3 rings (SSSR count). The molecule has 2 aliphatic carbocycles. The summed E-state index contributed by atoms with van der Waals surface area (Å²) in [6.45, 7) is 6.34. The number of carbonyl (C=O) groups is 1. The summed E-state index contributed by atoms with van der Waals surface area (Å²) in [6, 6.07) is 8.24. The van der Waals surface area contributed by atoms with Crippen molar-refractivity contribution < 1.29 is 4.79 Å². The van der Waals surface area contributed by atoms with E-state index in [2.05, 4.69) is 36.2 Å². The molecule has 0 heterocycles. The fourth-order valence-corrected chi connectivity index (χ4v) is 4.42. The van der Waals surface area contributed by atoms with Crippen LogP contribution >= 0.6 is 0 Å². The molecule has 0 aliphatic heterocycles. The number of rotatable bonds is 6. The van der Waals surface area contributed by atoms with E-state index < -0.39 is 0 Å². The highest BCUT2D eigenvalue weighted by Crippen LogP contribution is 2.49. The molecule has 1 amide bonds. The number of nitrogens with one attached hydrogen (secondary N) is 1. The molecule has 120 valence electrons. The van der Waals surface area contributed by atoms with Crippen molar-refractivity contribution in [3.05, 3.63) is 24.3 Å². The Kier molecular flexibility index (Phi) is 4.70. The van der Waals surface area contributed by atoms with E-state index in [4.69, 9.17) is 0 Å². The second-order valence-electron chi connectivity index (χ2n) is 6.91. The van der Waals surface area contributed by atoms with E-state index in [1.54, 1.807) is 0 Å². The third-order valence-electron chi connectivity index (χ3n) is 5.61. The summed E-state index contributed by atoms with van der Waals surface area (Å²) in [7, 11) is 0. The number of benzene rings is 1. The molecule has 0 radical (unpaired) electrons. The van der Waals surface area contributed by atoms with Gasteiger partial charge in [-0.2, -0.15) is 0 Å². The quantitative estimate of drug-likeness (QED) is 0.849. The van der Waals surface area contributed by atoms with Gasteiger partial charge in [0.1, 0.15) is 0 Å². The van der Waals surface area contributed by atoms with Gasteiger partial charge in [-0.1, -0.05) is 6.42 Å². The Morgan fingerprint density at radius 2 is 1.86 bits per heavy atom. The van der Waals surface area contributed by atoms with Crippen LogP contribution < -0.4 is 10.2 Å². The van der Waals surface area contributed by atoms with Crippen LogP contribution in [0.3, 0.4) is 0 Å². The third kappa shape index (κ3) is 3.29. The summed E-state index contributed by atoms with van der Waals surface area (Å²) >= 11 is 0. The molecule has 2 aliphatic rings. The van der Waals surface area contributed by atoms with E-state index in [0.29, 0.717) is 12.3 Å². The van der Waals surface area contributed by atoms with Crippen molar-refractivity contribution in [3.63, 3.8) is 0 Å². The zero-order valence-electron chi connectivity index (χ0n) is 13.8. The van der Waals surface area contributed by atoms with Crippen LogP contribution in [0.25, 0.3) is 0 Å². The topological polar surface area (TPSA) is 32.3 Å². The molecule has 1 aromatic rings. The van der Waals surface area contributed by atoms with Gasteiger partial charge in [0.2, 0.25) is 5.91 Å². The molecule has 0 spiro atoms. The number of amides is 1. The number of fused-ring (bicyclic) bond motifs is 2. The molecule has 1 N–H and O–H groups in total. The normalized spacial score (nSPS) is 26.2. The first kappa shape index (κ1) is 15.4. The average Bonchev–Trinajstić information content (AvgIpc) is 3.12. The summed E-state index contributed by atoms with van der Waals surface area (Å²) in [6.07, 6.45) is 6.10. The van der Waals surface area contributed by atoms with Crippen LogP contribution in [0.5, 0.6) is 0 Å². The van der Waals surface area contributed by atoms with E-state index in [-0.39, 0.29) is 5.91 Å². The molecule has 3 atom stereocenters. The van der Waals surface area contributed by atoms with Crippen molar-refractivity contribution in [3.8, 4) is 0 Å². The number of hydrogen-bond acceptors (Lipinski definition) is 2. The van der Waals surface area contributed by atoms with Crippen molar-refractivity contribution >= 4 is 17.3 Å². The fraction of sp³-hybridized carbons (Fsp3) is 0.632. The van der Waals surface area contributed by atoms with Crippen LogP contribution in [0.1, 0.15) is 46.0 Å². The van der Waals surface area contributed by atoms with Crippen LogP contribution in [-0.2, 0) is 4.79 Å². The van der Waals surface area contributed by atoms with Crippen LogP contribution in [0, 0.1) is 17.8 Å². The molecule has 0 aromatic heterocycles. The van der Waals surface area contributed by atoms with E-state index in [1.165, 1.54) is 31.4 Å². The fourth-order valence-electron chi connectivity index (χ4n) is 4.42. The number of nitrogens with zero attached hydrogens (tertiary/aromatic N) is 1. The van der Waals surface area contributed by atoms with Crippen LogP contribution in [0.4, 0.5) is 11.4 Å². The van der Waals surface area contributed by atoms with Gasteiger partial charge < -0.3 is 10.2 Å². The first-order chi connectivity index (χ1) is 10.7. The maximum absolute atomic E-state index is 12.3. The van der Waals surface area contributed by atoms with Crippen molar-refractivity contribution in [2.24, 2.45) is 17.8 Å². The van der Waals surface area contributed by atoms with Gasteiger partial charge in [-0.3, -0.25) is 4.79 Å². The molecular formula is C19H28N2O. The number of carbonyl (C=O) groups excluding carboxylic acids is 1. The molecule has 3 nitrogen and oxygen atoms in total. The van der Waals surface area contributed by atoms with E-state index in [9.17, 15) is 4.79 Å². The summed E-state index contributed by atoms with van der Waals surface area (Å²) < 4.78 is 0. The highest BCUT2D eigenvalue weighted by Gasteiger charge is 2.40. The van der Waals surface area contributed by atoms with E-state index in [0.717, 1.165) is 30.6 Å². The van der Waals surface area contributed by atoms with Gasteiger partial charge in [-0.05, 0) is 75.1 Å². The zero-order chi connectivity index (χ0) is 15.5. The predicted molar refractivity (Wildman–Crippen MR) is 92.2 cm³/mol. The lowest BCUT2D eigenvalue weighted by atomic mass is 9.86. The Morgan fingerprint density at radius 1 is 1.14 bits per heavy atom. The van der Waals surface area contributed by atoms with Gasteiger partial charge in [-0.25, -0.2) is 0 Å². The van der Waals surface area contributed by atoms with Crippen molar-refractivity contribution in [1.29, 1.82) is 0 Å². The molecule has 0 saturated heterocycles. The van der Waals surface area contributed by atoms with Gasteiger partial charge in [0.05, 0.1) is 0 Å². The van der Waals surface area contributed by atoms with Crippen molar-refractivity contribution in [1.82, 2.24) is 0 Å². The summed E-state index contributed by atoms with van der Waals surface area (Å²) in [5.41, 5.74) is 2.14. The minimum Gasteiger partial charge on any atom is -0.372 e. The number of hydrogen-bond donors (Lipinski definition) is 1. The molecule has 2 bridgehead atoms. The monoisotopic (exact) mass is 300 g/mol. The molecule has 22 heavy (non-hydrogen) atoms. The SMILES string of the molecule is CCN(CC)c1ccc(NC(=O)C[C@H]2C[C@H]3CC[C@@H]2C3)cc1. The second kappa shape index (κ2) is 6.72. The van der Waals surface area contributed by atoms with Gasteiger partial charge >= 0.3 is 0 Å². The Balaban J connectivity index is 1.53. The standard InChI is InChI=1S/C19H28N2O/c1-3-21(4-2)18-9-7-17(8-10-18)20-19(22)13-16-12-14-5-6-15(16)11-14/h7-10,14-16H,3-6,11-13H2,1-2H3,(H,20,22)/t14-,15+,16+/m0/s1. The van der Waals surface area contributed by atoms with Crippen LogP contribution in [0.2, 0.25) is 0 Å². The lowest BCUT2D eigenvalue weighted by Gasteiger charge is -2.22. The summed E-state index contributed by atoms with van der Waals surface area (Å²) in [5.74, 6) is 2.55. The Morgan fingerprint density at radius 3 is 2.41 bits per heavy atom. The maximum Gasteiger partial charge on any atom is 0.224 e. The molecule has 1 aromatic carbocycles. The van der Waals surface area contributed by atoms with Gasteiger partial charge in [0.15, 0.2) is 0 Å². The highest BCUT2D eigenvalue weighted by atomic mass is 16.1. The Hall–Kier alpha value is -1.51. The van der Waals surface area contributed by atoms with E-state index in [1.807, 2.05) is 12.1 Å². The van der Waals surface area contributed by atoms with E-state index >= 15 is 0 Å².